The summed E-state index contributed by atoms with van der Waals surface area (Å²) in [6.45, 7) is 5.96. The topological polar surface area (TPSA) is 73.0 Å². The Kier molecular flexibility index (Phi) is 6.16. The summed E-state index contributed by atoms with van der Waals surface area (Å²) in [7, 11) is 0. The van der Waals surface area contributed by atoms with Crippen LogP contribution in [0.1, 0.15) is 42.1 Å². The number of amides is 1. The molecule has 2 aromatic carbocycles. The standard InChI is InChI=1S/C25H25FN4O2/c1-16-8-10-19(11-9-16)30-18(3)21(14-28-30)17(2)29-24(31)12-13-25-27-15-23(32-25)20-6-4-5-7-22(20)26/h4-11,14-15,17H,12-13H2,1-3H3,(H,29,31)/t17-/m1/s1. The van der Waals surface area contributed by atoms with Gasteiger partial charge >= 0.3 is 0 Å². The molecule has 0 aliphatic heterocycles. The molecule has 4 rings (SSSR count). The highest BCUT2D eigenvalue weighted by atomic mass is 19.1. The number of oxazole rings is 1. The fourth-order valence-electron chi connectivity index (χ4n) is 3.62. The molecule has 164 valence electrons. The molecule has 7 heteroatoms. The van der Waals surface area contributed by atoms with Crippen molar-refractivity contribution in [1.29, 1.82) is 0 Å². The zero-order valence-electron chi connectivity index (χ0n) is 18.3. The van der Waals surface area contributed by atoms with Crippen LogP contribution in [0.25, 0.3) is 17.0 Å². The Morgan fingerprint density at radius 1 is 1.12 bits per heavy atom. The van der Waals surface area contributed by atoms with Crippen molar-refractivity contribution in [1.82, 2.24) is 20.1 Å². The van der Waals surface area contributed by atoms with Gasteiger partial charge < -0.3 is 9.73 Å². The Bertz CT molecular complexity index is 1230. The number of nitrogens with one attached hydrogen (secondary N) is 1. The van der Waals surface area contributed by atoms with E-state index in [9.17, 15) is 9.18 Å². The average molecular weight is 432 g/mol. The number of rotatable bonds is 7. The van der Waals surface area contributed by atoms with Crippen molar-refractivity contribution in [3.05, 3.63) is 89.5 Å². The summed E-state index contributed by atoms with van der Waals surface area (Å²) in [4.78, 5) is 16.7. The van der Waals surface area contributed by atoms with Crippen LogP contribution in [0.4, 0.5) is 4.39 Å². The molecule has 0 saturated carbocycles. The van der Waals surface area contributed by atoms with Crippen LogP contribution in [0.5, 0.6) is 0 Å². The van der Waals surface area contributed by atoms with Gasteiger partial charge in [0, 0.05) is 24.1 Å². The largest absolute Gasteiger partial charge is 0.441 e. The second kappa shape index (κ2) is 9.18. The smallest absolute Gasteiger partial charge is 0.220 e. The highest BCUT2D eigenvalue weighted by Gasteiger charge is 2.17. The van der Waals surface area contributed by atoms with E-state index in [0.29, 0.717) is 23.6 Å². The number of hydrogen-bond donors (Lipinski definition) is 1. The molecule has 2 aromatic heterocycles. The number of nitrogens with zero attached hydrogens (tertiary/aromatic N) is 3. The van der Waals surface area contributed by atoms with E-state index in [1.807, 2.05) is 49.7 Å². The zero-order valence-corrected chi connectivity index (χ0v) is 18.3. The van der Waals surface area contributed by atoms with Crippen LogP contribution in [0.2, 0.25) is 0 Å². The maximum absolute atomic E-state index is 13.9. The van der Waals surface area contributed by atoms with Crippen LogP contribution in [-0.4, -0.2) is 20.7 Å². The Morgan fingerprint density at radius 2 is 1.88 bits per heavy atom. The van der Waals surface area contributed by atoms with E-state index in [1.54, 1.807) is 24.4 Å². The number of benzene rings is 2. The number of carbonyl (C=O) groups is 1. The number of hydrogen-bond acceptors (Lipinski definition) is 4. The van der Waals surface area contributed by atoms with Crippen molar-refractivity contribution in [3.63, 3.8) is 0 Å². The number of aryl methyl sites for hydroxylation is 2. The van der Waals surface area contributed by atoms with Crippen LogP contribution in [-0.2, 0) is 11.2 Å². The number of aromatic nitrogens is 3. The first kappa shape index (κ1) is 21.5. The second-order valence-corrected chi connectivity index (χ2v) is 7.82. The number of carbonyl (C=O) groups excluding carboxylic acids is 1. The minimum absolute atomic E-state index is 0.120. The molecule has 32 heavy (non-hydrogen) atoms. The lowest BCUT2D eigenvalue weighted by Crippen LogP contribution is -2.27. The van der Waals surface area contributed by atoms with Gasteiger partial charge in [-0.1, -0.05) is 29.8 Å². The SMILES string of the molecule is Cc1ccc(-n2ncc([C@@H](C)NC(=O)CCc3ncc(-c4ccccc4F)o3)c2C)cc1. The van der Waals surface area contributed by atoms with Gasteiger partial charge in [0.05, 0.1) is 29.7 Å². The lowest BCUT2D eigenvalue weighted by molar-refractivity contribution is -0.121. The average Bonchev–Trinajstić information content (AvgIpc) is 3.40. The summed E-state index contributed by atoms with van der Waals surface area (Å²) < 4.78 is 21.4. The molecule has 0 bridgehead atoms. The van der Waals surface area contributed by atoms with Gasteiger partial charge in [-0.05, 0) is 45.0 Å². The highest BCUT2D eigenvalue weighted by molar-refractivity contribution is 5.76. The third kappa shape index (κ3) is 4.61. The van der Waals surface area contributed by atoms with E-state index < -0.39 is 0 Å². The molecule has 0 spiro atoms. The van der Waals surface area contributed by atoms with E-state index in [2.05, 4.69) is 15.4 Å². The molecule has 1 atom stereocenters. The first-order chi connectivity index (χ1) is 15.4. The van der Waals surface area contributed by atoms with E-state index in [-0.39, 0.29) is 24.2 Å². The molecule has 1 N–H and O–H groups in total. The molecule has 6 nitrogen and oxygen atoms in total. The van der Waals surface area contributed by atoms with Crippen LogP contribution in [0.15, 0.2) is 65.3 Å². The van der Waals surface area contributed by atoms with E-state index in [0.717, 1.165) is 16.9 Å². The maximum Gasteiger partial charge on any atom is 0.220 e. The fourth-order valence-corrected chi connectivity index (χ4v) is 3.62. The summed E-state index contributed by atoms with van der Waals surface area (Å²) in [5.74, 6) is 0.259. The second-order valence-electron chi connectivity index (χ2n) is 7.82. The Labute approximate surface area is 186 Å². The van der Waals surface area contributed by atoms with Crippen LogP contribution in [0.3, 0.4) is 0 Å². The third-order valence-electron chi connectivity index (χ3n) is 5.43. The predicted molar refractivity (Wildman–Crippen MR) is 120 cm³/mol. The molecule has 0 unspecified atom stereocenters. The molecule has 0 aliphatic rings. The van der Waals surface area contributed by atoms with Crippen LogP contribution >= 0.6 is 0 Å². The van der Waals surface area contributed by atoms with Crippen LogP contribution in [0, 0.1) is 19.7 Å². The molecule has 2 heterocycles. The van der Waals surface area contributed by atoms with Crippen molar-refractivity contribution in [2.24, 2.45) is 0 Å². The minimum atomic E-state index is -0.372. The van der Waals surface area contributed by atoms with Crippen molar-refractivity contribution in [2.45, 2.75) is 39.7 Å². The fraction of sp³-hybridized carbons (Fsp3) is 0.240. The molecular weight excluding hydrogens is 407 g/mol. The summed E-state index contributed by atoms with van der Waals surface area (Å²) in [5.41, 5.74) is 4.45. The lowest BCUT2D eigenvalue weighted by atomic mass is 10.1. The molecule has 0 saturated heterocycles. The molecule has 0 radical (unpaired) electrons. The van der Waals surface area contributed by atoms with Gasteiger partial charge in [0.15, 0.2) is 11.7 Å². The van der Waals surface area contributed by atoms with Gasteiger partial charge in [-0.2, -0.15) is 5.10 Å². The summed E-state index contributed by atoms with van der Waals surface area (Å²) in [6, 6.07) is 14.3. The Hall–Kier alpha value is -3.74. The van der Waals surface area contributed by atoms with Gasteiger partial charge in [0.25, 0.3) is 0 Å². The quantitative estimate of drug-likeness (QED) is 0.441. The normalized spacial score (nSPS) is 12.0. The maximum atomic E-state index is 13.9. The van der Waals surface area contributed by atoms with Gasteiger partial charge in [-0.15, -0.1) is 0 Å². The predicted octanol–water partition coefficient (Wildman–Crippen LogP) is 5.09. The molecule has 0 fully saturated rings. The van der Waals surface area contributed by atoms with Gasteiger partial charge in [0.2, 0.25) is 5.91 Å². The van der Waals surface area contributed by atoms with E-state index >= 15 is 0 Å². The number of halogens is 1. The van der Waals surface area contributed by atoms with E-state index in [1.165, 1.54) is 17.8 Å². The van der Waals surface area contributed by atoms with Gasteiger partial charge in [-0.3, -0.25) is 4.79 Å². The molecular formula is C25H25FN4O2. The van der Waals surface area contributed by atoms with Crippen molar-refractivity contribution in [2.75, 3.05) is 0 Å². The van der Waals surface area contributed by atoms with Crippen molar-refractivity contribution in [3.8, 4) is 17.0 Å². The summed E-state index contributed by atoms with van der Waals surface area (Å²) in [6.07, 6.45) is 3.81. The summed E-state index contributed by atoms with van der Waals surface area (Å²) >= 11 is 0. The zero-order chi connectivity index (χ0) is 22.7. The van der Waals surface area contributed by atoms with Crippen molar-refractivity contribution < 1.29 is 13.6 Å². The lowest BCUT2D eigenvalue weighted by Gasteiger charge is -2.14. The highest BCUT2D eigenvalue weighted by Crippen LogP contribution is 2.24. The third-order valence-corrected chi connectivity index (χ3v) is 5.43. The van der Waals surface area contributed by atoms with Gasteiger partial charge in [-0.25, -0.2) is 14.1 Å². The molecule has 4 aromatic rings. The molecule has 0 aliphatic carbocycles. The molecule has 1 amide bonds. The monoisotopic (exact) mass is 432 g/mol. The van der Waals surface area contributed by atoms with Gasteiger partial charge in [0.1, 0.15) is 5.82 Å². The first-order valence-corrected chi connectivity index (χ1v) is 10.5. The Morgan fingerprint density at radius 3 is 2.62 bits per heavy atom. The first-order valence-electron chi connectivity index (χ1n) is 10.5. The summed E-state index contributed by atoms with van der Waals surface area (Å²) in [5, 5.41) is 7.49. The Balaban J connectivity index is 1.36. The van der Waals surface area contributed by atoms with Crippen molar-refractivity contribution >= 4 is 5.91 Å². The minimum Gasteiger partial charge on any atom is -0.441 e. The van der Waals surface area contributed by atoms with E-state index in [4.69, 9.17) is 4.42 Å². The van der Waals surface area contributed by atoms with Crippen LogP contribution < -0.4 is 5.32 Å².